The van der Waals surface area contributed by atoms with Gasteiger partial charge in [-0.1, -0.05) is 48.9 Å². The van der Waals surface area contributed by atoms with Gasteiger partial charge in [0.05, 0.1) is 7.11 Å². The fraction of sp³-hybridized carbons (Fsp3) is 0.364. The molecule has 0 saturated carbocycles. The van der Waals surface area contributed by atoms with Gasteiger partial charge in [0.1, 0.15) is 11.8 Å². The second kappa shape index (κ2) is 9.76. The first-order valence-corrected chi connectivity index (χ1v) is 9.20. The van der Waals surface area contributed by atoms with Crippen molar-refractivity contribution < 1.29 is 14.3 Å². The first-order chi connectivity index (χ1) is 12.9. The molecule has 0 spiro atoms. The molecule has 1 N–H and O–H groups in total. The van der Waals surface area contributed by atoms with Crippen molar-refractivity contribution in [3.63, 3.8) is 0 Å². The molecule has 0 aliphatic carbocycles. The molecule has 0 heterocycles. The summed E-state index contributed by atoms with van der Waals surface area (Å²) in [5.41, 5.74) is 3.16. The quantitative estimate of drug-likeness (QED) is 0.776. The third kappa shape index (κ3) is 5.84. The lowest BCUT2D eigenvalue weighted by Gasteiger charge is -2.28. The molecule has 0 aliphatic heterocycles. The Kier molecular flexibility index (Phi) is 7.41. The highest BCUT2D eigenvalue weighted by Crippen LogP contribution is 2.15. The van der Waals surface area contributed by atoms with Crippen molar-refractivity contribution in [3.05, 3.63) is 65.2 Å². The van der Waals surface area contributed by atoms with E-state index in [9.17, 15) is 9.59 Å². The Bertz CT molecular complexity index is 754. The van der Waals surface area contributed by atoms with E-state index in [1.165, 1.54) is 5.56 Å². The molecule has 0 fully saturated rings. The Balaban J connectivity index is 2.03. The molecule has 5 nitrogen and oxygen atoms in total. The highest BCUT2D eigenvalue weighted by Gasteiger charge is 2.24. The Morgan fingerprint density at radius 3 is 2.19 bits per heavy atom. The van der Waals surface area contributed by atoms with Crippen molar-refractivity contribution in [3.8, 4) is 5.75 Å². The lowest BCUT2D eigenvalue weighted by molar-refractivity contribution is -0.140. The zero-order valence-electron chi connectivity index (χ0n) is 16.5. The van der Waals surface area contributed by atoms with E-state index in [-0.39, 0.29) is 11.8 Å². The normalized spacial score (nSPS) is 11.6. The molecule has 2 aromatic carbocycles. The van der Waals surface area contributed by atoms with Crippen molar-refractivity contribution in [2.45, 2.75) is 46.3 Å². The van der Waals surface area contributed by atoms with Crippen molar-refractivity contribution in [1.82, 2.24) is 10.2 Å². The summed E-state index contributed by atoms with van der Waals surface area (Å²) in [5, 5.41) is 2.93. The molecule has 0 bridgehead atoms. The number of nitrogens with one attached hydrogen (secondary N) is 1. The fourth-order valence-electron chi connectivity index (χ4n) is 2.76. The van der Waals surface area contributed by atoms with Gasteiger partial charge >= 0.3 is 0 Å². The van der Waals surface area contributed by atoms with Crippen LogP contribution in [0.2, 0.25) is 0 Å². The van der Waals surface area contributed by atoms with Crippen LogP contribution in [0.25, 0.3) is 0 Å². The summed E-state index contributed by atoms with van der Waals surface area (Å²) >= 11 is 0. The van der Waals surface area contributed by atoms with Gasteiger partial charge in [0.25, 0.3) is 0 Å². The average Bonchev–Trinajstić information content (AvgIpc) is 2.70. The summed E-state index contributed by atoms with van der Waals surface area (Å²) in [6.45, 7) is 6.43. The van der Waals surface area contributed by atoms with Crippen LogP contribution >= 0.6 is 0 Å². The van der Waals surface area contributed by atoms with Crippen LogP contribution in [0.4, 0.5) is 0 Å². The fourth-order valence-corrected chi connectivity index (χ4v) is 2.76. The van der Waals surface area contributed by atoms with E-state index < -0.39 is 6.04 Å². The maximum Gasteiger partial charge on any atom is 0.242 e. The number of ether oxygens (including phenoxy) is 1. The van der Waals surface area contributed by atoms with Crippen LogP contribution in [0.15, 0.2) is 48.5 Å². The van der Waals surface area contributed by atoms with Crippen LogP contribution < -0.4 is 10.1 Å². The van der Waals surface area contributed by atoms with Gasteiger partial charge in [0.2, 0.25) is 11.8 Å². The second-order valence-electron chi connectivity index (χ2n) is 6.60. The molecule has 0 unspecified atom stereocenters. The molecule has 144 valence electrons. The van der Waals surface area contributed by atoms with Gasteiger partial charge in [0.15, 0.2) is 0 Å². The molecule has 1 atom stereocenters. The summed E-state index contributed by atoms with van der Waals surface area (Å²) in [4.78, 5) is 26.6. The molecule has 2 rings (SSSR count). The SMILES string of the molecule is CCC(=O)N(Cc1ccc(OC)cc1)[C@@H](C)C(=O)NCc1ccc(C)cc1. The van der Waals surface area contributed by atoms with Gasteiger partial charge in [-0.25, -0.2) is 0 Å². The second-order valence-corrected chi connectivity index (χ2v) is 6.60. The highest BCUT2D eigenvalue weighted by atomic mass is 16.5. The first kappa shape index (κ1) is 20.5. The van der Waals surface area contributed by atoms with Gasteiger partial charge in [-0.3, -0.25) is 9.59 Å². The van der Waals surface area contributed by atoms with E-state index in [0.717, 1.165) is 16.9 Å². The first-order valence-electron chi connectivity index (χ1n) is 9.20. The molecule has 0 saturated heterocycles. The number of rotatable bonds is 8. The minimum atomic E-state index is -0.551. The molecule has 5 heteroatoms. The van der Waals surface area contributed by atoms with Gasteiger partial charge < -0.3 is 15.0 Å². The summed E-state index contributed by atoms with van der Waals surface area (Å²) in [6.07, 6.45) is 0.353. The van der Waals surface area contributed by atoms with E-state index in [4.69, 9.17) is 4.74 Å². The average molecular weight is 368 g/mol. The van der Waals surface area contributed by atoms with E-state index in [1.807, 2.05) is 55.5 Å². The van der Waals surface area contributed by atoms with E-state index >= 15 is 0 Å². The number of amides is 2. The van der Waals surface area contributed by atoms with Gasteiger partial charge in [-0.2, -0.15) is 0 Å². The predicted molar refractivity (Wildman–Crippen MR) is 106 cm³/mol. The summed E-state index contributed by atoms with van der Waals surface area (Å²) in [6, 6.07) is 15.0. The highest BCUT2D eigenvalue weighted by molar-refractivity contribution is 5.87. The number of benzene rings is 2. The number of carbonyl (C=O) groups excluding carboxylic acids is 2. The van der Waals surface area contributed by atoms with E-state index in [0.29, 0.717) is 19.5 Å². The van der Waals surface area contributed by atoms with E-state index in [2.05, 4.69) is 5.32 Å². The third-order valence-electron chi connectivity index (χ3n) is 4.57. The molecule has 27 heavy (non-hydrogen) atoms. The number of hydrogen-bond acceptors (Lipinski definition) is 3. The Morgan fingerprint density at radius 1 is 1.04 bits per heavy atom. The van der Waals surface area contributed by atoms with Crippen LogP contribution in [0.3, 0.4) is 0 Å². The standard InChI is InChI=1S/C22H28N2O3/c1-5-21(25)24(15-19-10-12-20(27-4)13-11-19)17(3)22(26)23-14-18-8-6-16(2)7-9-18/h6-13,17H,5,14-15H2,1-4H3,(H,23,26)/t17-/m0/s1. The van der Waals surface area contributed by atoms with Crippen LogP contribution in [0.1, 0.15) is 37.0 Å². The smallest absolute Gasteiger partial charge is 0.242 e. The molecule has 0 aromatic heterocycles. The number of aryl methyl sites for hydroxylation is 1. The van der Waals surface area contributed by atoms with Crippen molar-refractivity contribution in [1.29, 1.82) is 0 Å². The number of nitrogens with zero attached hydrogens (tertiary/aromatic N) is 1. The molecule has 0 aliphatic rings. The minimum absolute atomic E-state index is 0.0520. The van der Waals surface area contributed by atoms with Crippen molar-refractivity contribution in [2.24, 2.45) is 0 Å². The van der Waals surface area contributed by atoms with Crippen molar-refractivity contribution in [2.75, 3.05) is 7.11 Å². The maximum atomic E-state index is 12.6. The topological polar surface area (TPSA) is 58.6 Å². The third-order valence-corrected chi connectivity index (χ3v) is 4.57. The molecule has 2 aromatic rings. The molecule has 0 radical (unpaired) electrons. The van der Waals surface area contributed by atoms with Crippen LogP contribution in [-0.4, -0.2) is 29.9 Å². The minimum Gasteiger partial charge on any atom is -0.497 e. The van der Waals surface area contributed by atoms with Crippen LogP contribution in [0, 0.1) is 6.92 Å². The van der Waals surface area contributed by atoms with Crippen LogP contribution in [0.5, 0.6) is 5.75 Å². The summed E-state index contributed by atoms with van der Waals surface area (Å²) < 4.78 is 5.17. The number of methoxy groups -OCH3 is 1. The zero-order valence-corrected chi connectivity index (χ0v) is 16.5. The van der Waals surface area contributed by atoms with Gasteiger partial charge in [-0.05, 0) is 37.1 Å². The van der Waals surface area contributed by atoms with E-state index in [1.54, 1.807) is 25.9 Å². The largest absolute Gasteiger partial charge is 0.497 e. The predicted octanol–water partition coefficient (Wildman–Crippen LogP) is 3.45. The monoisotopic (exact) mass is 368 g/mol. The Hall–Kier alpha value is -2.82. The lowest BCUT2D eigenvalue weighted by atomic mass is 10.1. The number of carbonyl (C=O) groups is 2. The zero-order chi connectivity index (χ0) is 19.8. The summed E-state index contributed by atoms with van der Waals surface area (Å²) in [7, 11) is 1.61. The molecular weight excluding hydrogens is 340 g/mol. The lowest BCUT2D eigenvalue weighted by Crippen LogP contribution is -2.47. The van der Waals surface area contributed by atoms with Gasteiger partial charge in [0, 0.05) is 19.5 Å². The Morgan fingerprint density at radius 2 is 1.63 bits per heavy atom. The van der Waals surface area contributed by atoms with Gasteiger partial charge in [-0.15, -0.1) is 0 Å². The molecular formula is C22H28N2O3. The summed E-state index contributed by atoms with van der Waals surface area (Å²) in [5.74, 6) is 0.547. The van der Waals surface area contributed by atoms with Crippen LogP contribution in [-0.2, 0) is 22.7 Å². The molecule has 2 amide bonds. The Labute approximate surface area is 161 Å². The number of hydrogen-bond donors (Lipinski definition) is 1. The maximum absolute atomic E-state index is 12.6. The van der Waals surface area contributed by atoms with Crippen molar-refractivity contribution >= 4 is 11.8 Å².